The summed E-state index contributed by atoms with van der Waals surface area (Å²) in [5.41, 5.74) is 0.210. The zero-order valence-corrected chi connectivity index (χ0v) is 11.9. The van der Waals surface area contributed by atoms with Gasteiger partial charge in [0.15, 0.2) is 6.61 Å². The Morgan fingerprint density at radius 1 is 1.57 bits per heavy atom. The van der Waals surface area contributed by atoms with Crippen molar-refractivity contribution < 1.29 is 32.2 Å². The van der Waals surface area contributed by atoms with Gasteiger partial charge in [-0.2, -0.15) is 8.78 Å². The van der Waals surface area contributed by atoms with Crippen LogP contribution in [0.3, 0.4) is 0 Å². The minimum absolute atomic E-state index is 0.195. The van der Waals surface area contributed by atoms with E-state index in [9.17, 15) is 27.5 Å². The van der Waals surface area contributed by atoms with Crippen LogP contribution in [0.4, 0.5) is 28.0 Å². The highest BCUT2D eigenvalue weighted by Crippen LogP contribution is 2.24. The second kappa shape index (κ2) is 6.99. The standard InChI is InChI=1S/C13H15F4N3O3/c14-11(15)13(16,17)7-23-10-5-8(1-3-18-10)19-12(22)20-4-2-9(21)6-20/h1,3,5,9,11,21H,2,4,6-7H2,(H,18,19,22)/t9-/m0/s1. The molecule has 6 nitrogen and oxygen atoms in total. The second-order valence-corrected chi connectivity index (χ2v) is 5.05. The average molecular weight is 337 g/mol. The van der Waals surface area contributed by atoms with Gasteiger partial charge in [-0.3, -0.25) is 0 Å². The van der Waals surface area contributed by atoms with E-state index in [2.05, 4.69) is 15.0 Å². The summed E-state index contributed by atoms with van der Waals surface area (Å²) in [6, 6.07) is 2.06. The number of carbonyl (C=O) groups is 1. The molecule has 1 fully saturated rings. The van der Waals surface area contributed by atoms with E-state index in [1.165, 1.54) is 17.2 Å². The molecule has 1 aliphatic heterocycles. The highest BCUT2D eigenvalue weighted by molar-refractivity contribution is 5.89. The topological polar surface area (TPSA) is 74.7 Å². The smallest absolute Gasteiger partial charge is 0.340 e. The SMILES string of the molecule is O=C(Nc1ccnc(OCC(F)(F)C(F)F)c1)N1CC[C@H](O)C1. The third-order valence-electron chi connectivity index (χ3n) is 3.17. The summed E-state index contributed by atoms with van der Waals surface area (Å²) in [5.74, 6) is -4.60. The fourth-order valence-corrected chi connectivity index (χ4v) is 1.93. The third kappa shape index (κ3) is 4.68. The Morgan fingerprint density at radius 3 is 2.91 bits per heavy atom. The second-order valence-electron chi connectivity index (χ2n) is 5.05. The Kier molecular flexibility index (Phi) is 5.24. The number of β-amino-alcohol motifs (C(OH)–C–C–N with tert-alkyl or cyclic N) is 1. The molecule has 2 rings (SSSR count). The Labute approximate surface area is 129 Å². The van der Waals surface area contributed by atoms with Gasteiger partial charge in [0.05, 0.1) is 6.10 Å². The number of amides is 2. The molecule has 0 aliphatic carbocycles. The molecule has 2 amide bonds. The van der Waals surface area contributed by atoms with Crippen molar-refractivity contribution in [3.8, 4) is 5.88 Å². The van der Waals surface area contributed by atoms with E-state index in [0.717, 1.165) is 6.07 Å². The number of hydrogen-bond acceptors (Lipinski definition) is 4. The van der Waals surface area contributed by atoms with Crippen molar-refractivity contribution in [3.63, 3.8) is 0 Å². The number of pyridine rings is 1. The van der Waals surface area contributed by atoms with E-state index in [0.29, 0.717) is 13.0 Å². The number of likely N-dealkylation sites (tertiary alicyclic amines) is 1. The van der Waals surface area contributed by atoms with Crippen LogP contribution in [0.15, 0.2) is 18.3 Å². The number of anilines is 1. The maximum atomic E-state index is 12.8. The van der Waals surface area contributed by atoms with Gasteiger partial charge in [-0.25, -0.2) is 18.6 Å². The molecule has 1 aliphatic rings. The molecular weight excluding hydrogens is 322 g/mol. The first-order chi connectivity index (χ1) is 10.8. The van der Waals surface area contributed by atoms with E-state index >= 15 is 0 Å². The number of alkyl halides is 4. The summed E-state index contributed by atoms with van der Waals surface area (Å²) in [5, 5.41) is 11.9. The average Bonchev–Trinajstić information content (AvgIpc) is 2.92. The number of halogens is 4. The third-order valence-corrected chi connectivity index (χ3v) is 3.17. The molecule has 128 valence electrons. The highest BCUT2D eigenvalue weighted by atomic mass is 19.3. The number of ether oxygens (including phenoxy) is 1. The molecular formula is C13H15F4N3O3. The van der Waals surface area contributed by atoms with Gasteiger partial charge in [0.2, 0.25) is 5.88 Å². The maximum absolute atomic E-state index is 12.8. The number of urea groups is 1. The number of hydrogen-bond donors (Lipinski definition) is 2. The van der Waals surface area contributed by atoms with Crippen molar-refractivity contribution in [1.82, 2.24) is 9.88 Å². The predicted octanol–water partition coefficient (Wildman–Crippen LogP) is 1.96. The molecule has 1 aromatic rings. The van der Waals surface area contributed by atoms with E-state index in [1.54, 1.807) is 0 Å². The van der Waals surface area contributed by atoms with Gasteiger partial charge in [-0.15, -0.1) is 0 Å². The molecule has 2 heterocycles. The molecule has 0 saturated carbocycles. The molecule has 1 saturated heterocycles. The minimum atomic E-state index is -4.29. The lowest BCUT2D eigenvalue weighted by Gasteiger charge is -2.17. The lowest BCUT2D eigenvalue weighted by molar-refractivity contribution is -0.148. The van der Waals surface area contributed by atoms with Gasteiger partial charge in [0.1, 0.15) is 0 Å². The van der Waals surface area contributed by atoms with Crippen LogP contribution in [-0.2, 0) is 0 Å². The molecule has 0 radical (unpaired) electrons. The molecule has 23 heavy (non-hydrogen) atoms. The number of rotatable bonds is 5. The van der Waals surface area contributed by atoms with Crippen LogP contribution in [0.1, 0.15) is 6.42 Å². The molecule has 0 spiro atoms. The first-order valence-electron chi connectivity index (χ1n) is 6.77. The molecule has 1 aromatic heterocycles. The molecule has 0 unspecified atom stereocenters. The van der Waals surface area contributed by atoms with Crippen LogP contribution in [0.25, 0.3) is 0 Å². The lowest BCUT2D eigenvalue weighted by Crippen LogP contribution is -2.34. The number of carbonyl (C=O) groups excluding carboxylic acids is 1. The van der Waals surface area contributed by atoms with Crippen molar-refractivity contribution in [2.24, 2.45) is 0 Å². The summed E-state index contributed by atoms with van der Waals surface area (Å²) >= 11 is 0. The fourth-order valence-electron chi connectivity index (χ4n) is 1.93. The maximum Gasteiger partial charge on any atom is 0.340 e. The summed E-state index contributed by atoms with van der Waals surface area (Å²) in [6.07, 6.45) is -2.76. The lowest BCUT2D eigenvalue weighted by atomic mass is 10.3. The van der Waals surface area contributed by atoms with Gasteiger partial charge in [-0.1, -0.05) is 0 Å². The molecule has 0 aromatic carbocycles. The van der Waals surface area contributed by atoms with E-state index < -0.39 is 31.1 Å². The Hall–Kier alpha value is -2.10. The summed E-state index contributed by atoms with van der Waals surface area (Å²) in [4.78, 5) is 16.9. The first kappa shape index (κ1) is 17.3. The molecule has 0 bridgehead atoms. The van der Waals surface area contributed by atoms with Gasteiger partial charge in [-0.05, 0) is 12.5 Å². The largest absolute Gasteiger partial charge is 0.471 e. The summed E-state index contributed by atoms with van der Waals surface area (Å²) in [7, 11) is 0. The number of nitrogens with zero attached hydrogens (tertiary/aromatic N) is 2. The van der Waals surface area contributed by atoms with Crippen molar-refractivity contribution >= 4 is 11.7 Å². The van der Waals surface area contributed by atoms with Crippen molar-refractivity contribution in [2.45, 2.75) is 24.9 Å². The van der Waals surface area contributed by atoms with Crippen molar-refractivity contribution in [3.05, 3.63) is 18.3 Å². The van der Waals surface area contributed by atoms with Gasteiger partial charge in [0.25, 0.3) is 0 Å². The van der Waals surface area contributed by atoms with Crippen LogP contribution in [0, 0.1) is 0 Å². The van der Waals surface area contributed by atoms with Gasteiger partial charge in [0, 0.05) is 31.0 Å². The quantitative estimate of drug-likeness (QED) is 0.806. The van der Waals surface area contributed by atoms with E-state index in [4.69, 9.17) is 0 Å². The Balaban J connectivity index is 1.93. The minimum Gasteiger partial charge on any atom is -0.471 e. The van der Waals surface area contributed by atoms with Crippen LogP contribution in [-0.4, -0.2) is 59.2 Å². The molecule has 2 N–H and O–H groups in total. The molecule has 1 atom stereocenters. The zero-order chi connectivity index (χ0) is 17.0. The number of nitrogens with one attached hydrogen (secondary N) is 1. The van der Waals surface area contributed by atoms with Crippen LogP contribution in [0.2, 0.25) is 0 Å². The summed E-state index contributed by atoms with van der Waals surface area (Å²) < 4.78 is 54.2. The van der Waals surface area contributed by atoms with Crippen LogP contribution >= 0.6 is 0 Å². The Bertz CT molecular complexity index is 559. The van der Waals surface area contributed by atoms with Crippen molar-refractivity contribution in [1.29, 1.82) is 0 Å². The normalized spacial score (nSPS) is 18.3. The number of aliphatic hydroxyl groups excluding tert-OH is 1. The van der Waals surface area contributed by atoms with E-state index in [-0.39, 0.29) is 18.1 Å². The highest BCUT2D eigenvalue weighted by Gasteiger charge is 2.41. The van der Waals surface area contributed by atoms with Crippen molar-refractivity contribution in [2.75, 3.05) is 25.0 Å². The monoisotopic (exact) mass is 337 g/mol. The van der Waals surface area contributed by atoms with E-state index in [1.807, 2.05) is 0 Å². The first-order valence-corrected chi connectivity index (χ1v) is 6.77. The predicted molar refractivity (Wildman–Crippen MR) is 71.9 cm³/mol. The zero-order valence-electron chi connectivity index (χ0n) is 11.9. The van der Waals surface area contributed by atoms with Gasteiger partial charge < -0.3 is 20.1 Å². The Morgan fingerprint density at radius 2 is 2.30 bits per heavy atom. The number of aliphatic hydroxyl groups is 1. The van der Waals surface area contributed by atoms with Gasteiger partial charge >= 0.3 is 18.4 Å². The summed E-state index contributed by atoms with van der Waals surface area (Å²) in [6.45, 7) is -0.934. The van der Waals surface area contributed by atoms with Crippen LogP contribution < -0.4 is 10.1 Å². The van der Waals surface area contributed by atoms with Crippen LogP contribution in [0.5, 0.6) is 5.88 Å². The fraction of sp³-hybridized carbons (Fsp3) is 0.538. The number of aromatic nitrogens is 1. The molecule has 10 heteroatoms.